The minimum absolute atomic E-state index is 0.0691. The quantitative estimate of drug-likeness (QED) is 0.493. The van der Waals surface area contributed by atoms with Crippen molar-refractivity contribution in [2.75, 3.05) is 18.4 Å². The first-order valence-electron chi connectivity index (χ1n) is 8.75. The molecule has 0 aromatic heterocycles. The highest BCUT2D eigenvalue weighted by Gasteiger charge is 2.14. The average Bonchev–Trinajstić information content (AvgIpc) is 2.66. The molecule has 7 nitrogen and oxygen atoms in total. The van der Waals surface area contributed by atoms with Crippen LogP contribution in [-0.4, -0.2) is 33.3 Å². The van der Waals surface area contributed by atoms with E-state index < -0.39 is 15.9 Å². The Bertz CT molecular complexity index is 948. The first-order valence-corrected chi connectivity index (χ1v) is 11.0. The third kappa shape index (κ3) is 6.74. The van der Waals surface area contributed by atoms with Gasteiger partial charge in [0.2, 0.25) is 15.9 Å². The van der Waals surface area contributed by atoms with Crippen LogP contribution < -0.4 is 15.4 Å². The molecule has 0 heterocycles. The van der Waals surface area contributed by atoms with E-state index in [0.717, 1.165) is 17.3 Å². The first kappa shape index (κ1) is 22.1. The summed E-state index contributed by atoms with van der Waals surface area (Å²) in [6.45, 7) is 2.09. The number of benzene rings is 2. The van der Waals surface area contributed by atoms with Crippen LogP contribution in [0.2, 0.25) is 0 Å². The molecule has 2 amide bonds. The van der Waals surface area contributed by atoms with Gasteiger partial charge in [-0.05, 0) is 42.8 Å². The summed E-state index contributed by atoms with van der Waals surface area (Å²) in [5.41, 5.74) is 0.758. The molecule has 0 saturated carbocycles. The van der Waals surface area contributed by atoms with Gasteiger partial charge in [-0.1, -0.05) is 41.4 Å². The van der Waals surface area contributed by atoms with E-state index >= 15 is 0 Å². The van der Waals surface area contributed by atoms with Crippen molar-refractivity contribution in [1.29, 1.82) is 0 Å². The minimum Gasteiger partial charge on any atom is -0.343 e. The molecular formula is C19H22BrN3O4S. The van der Waals surface area contributed by atoms with Crippen molar-refractivity contribution >= 4 is 43.5 Å². The lowest BCUT2D eigenvalue weighted by molar-refractivity contribution is -0.115. The molecular weight excluding hydrogens is 446 g/mol. The number of hydrogen-bond donors (Lipinski definition) is 3. The fourth-order valence-corrected chi connectivity index (χ4v) is 3.82. The van der Waals surface area contributed by atoms with E-state index in [-0.39, 0.29) is 17.3 Å². The zero-order valence-electron chi connectivity index (χ0n) is 15.4. The highest BCUT2D eigenvalue weighted by Crippen LogP contribution is 2.15. The van der Waals surface area contributed by atoms with Gasteiger partial charge in [-0.15, -0.1) is 0 Å². The molecule has 0 saturated heterocycles. The van der Waals surface area contributed by atoms with Crippen LogP contribution in [0.4, 0.5) is 5.69 Å². The van der Waals surface area contributed by atoms with Gasteiger partial charge in [-0.2, -0.15) is 0 Å². The number of sulfonamides is 1. The summed E-state index contributed by atoms with van der Waals surface area (Å²) in [6, 6.07) is 12.8. The van der Waals surface area contributed by atoms with Crippen molar-refractivity contribution in [2.24, 2.45) is 0 Å². The molecule has 0 aliphatic heterocycles. The van der Waals surface area contributed by atoms with Gasteiger partial charge >= 0.3 is 0 Å². The van der Waals surface area contributed by atoms with Crippen LogP contribution >= 0.6 is 15.9 Å². The first-order chi connectivity index (χ1) is 13.3. The molecule has 3 N–H and O–H groups in total. The van der Waals surface area contributed by atoms with Crippen LogP contribution in [0.1, 0.15) is 30.1 Å². The summed E-state index contributed by atoms with van der Waals surface area (Å²) in [5.74, 6) is -0.843. The number of anilines is 1. The van der Waals surface area contributed by atoms with Gasteiger partial charge in [0.15, 0.2) is 0 Å². The standard InChI is InChI=1S/C19H22BrN3O4S/c1-2-3-10-22-28(26,27)17-9-5-8-16(12-17)23-18(24)13-21-19(25)14-6-4-7-15(20)11-14/h4-9,11-12,22H,2-3,10,13H2,1H3,(H,21,25)(H,23,24). The topological polar surface area (TPSA) is 104 Å². The summed E-state index contributed by atoms with van der Waals surface area (Å²) < 4.78 is 27.8. The second-order valence-corrected chi connectivity index (χ2v) is 8.70. The second-order valence-electron chi connectivity index (χ2n) is 6.02. The van der Waals surface area contributed by atoms with Crippen molar-refractivity contribution in [1.82, 2.24) is 10.0 Å². The van der Waals surface area contributed by atoms with Gasteiger partial charge in [0.1, 0.15) is 0 Å². The maximum Gasteiger partial charge on any atom is 0.251 e. The molecule has 2 aromatic rings. The maximum absolute atomic E-state index is 12.3. The summed E-state index contributed by atoms with van der Waals surface area (Å²) >= 11 is 3.28. The molecule has 0 aliphatic carbocycles. The van der Waals surface area contributed by atoms with Gasteiger partial charge in [0.05, 0.1) is 11.4 Å². The highest BCUT2D eigenvalue weighted by molar-refractivity contribution is 9.10. The van der Waals surface area contributed by atoms with Crippen LogP contribution in [0.15, 0.2) is 57.9 Å². The van der Waals surface area contributed by atoms with E-state index in [4.69, 9.17) is 0 Å². The van der Waals surface area contributed by atoms with E-state index in [1.807, 2.05) is 6.92 Å². The van der Waals surface area contributed by atoms with E-state index in [0.29, 0.717) is 17.8 Å². The van der Waals surface area contributed by atoms with Gasteiger partial charge < -0.3 is 10.6 Å². The van der Waals surface area contributed by atoms with Crippen LogP contribution in [0.25, 0.3) is 0 Å². The Morgan fingerprint density at radius 3 is 2.54 bits per heavy atom. The Morgan fingerprint density at radius 1 is 1.07 bits per heavy atom. The monoisotopic (exact) mass is 467 g/mol. The van der Waals surface area contributed by atoms with Crippen molar-refractivity contribution in [3.05, 3.63) is 58.6 Å². The molecule has 2 aromatic carbocycles. The Hall–Kier alpha value is -2.23. The number of carbonyl (C=O) groups is 2. The number of rotatable bonds is 9. The molecule has 0 bridgehead atoms. The minimum atomic E-state index is -3.63. The molecule has 150 valence electrons. The van der Waals surface area contributed by atoms with Crippen molar-refractivity contribution < 1.29 is 18.0 Å². The summed E-state index contributed by atoms with van der Waals surface area (Å²) in [7, 11) is -3.63. The molecule has 0 aliphatic rings. The fourth-order valence-electron chi connectivity index (χ4n) is 2.31. The molecule has 9 heteroatoms. The third-order valence-corrected chi connectivity index (χ3v) is 5.70. The van der Waals surface area contributed by atoms with Crippen LogP contribution in [0.3, 0.4) is 0 Å². The van der Waals surface area contributed by atoms with Crippen molar-refractivity contribution in [2.45, 2.75) is 24.7 Å². The van der Waals surface area contributed by atoms with Gasteiger partial charge in [0.25, 0.3) is 5.91 Å². The number of halogens is 1. The van der Waals surface area contributed by atoms with Crippen LogP contribution in [-0.2, 0) is 14.8 Å². The molecule has 28 heavy (non-hydrogen) atoms. The lowest BCUT2D eigenvalue weighted by atomic mass is 10.2. The van der Waals surface area contributed by atoms with E-state index in [2.05, 4.69) is 31.3 Å². The summed E-state index contributed by atoms with van der Waals surface area (Å²) in [6.07, 6.45) is 1.62. The van der Waals surface area contributed by atoms with Crippen LogP contribution in [0.5, 0.6) is 0 Å². The molecule has 0 atom stereocenters. The lowest BCUT2D eigenvalue weighted by Gasteiger charge is -2.10. The Balaban J connectivity index is 1.94. The number of hydrogen-bond acceptors (Lipinski definition) is 4. The third-order valence-electron chi connectivity index (χ3n) is 3.75. The number of amides is 2. The summed E-state index contributed by atoms with van der Waals surface area (Å²) in [5, 5.41) is 5.11. The molecule has 0 fully saturated rings. The predicted molar refractivity (Wildman–Crippen MR) is 112 cm³/mol. The number of nitrogens with one attached hydrogen (secondary N) is 3. The molecule has 0 unspecified atom stereocenters. The zero-order valence-corrected chi connectivity index (χ0v) is 17.8. The van der Waals surface area contributed by atoms with E-state index in [9.17, 15) is 18.0 Å². The van der Waals surface area contributed by atoms with Gasteiger partial charge in [-0.3, -0.25) is 9.59 Å². The highest BCUT2D eigenvalue weighted by atomic mass is 79.9. The number of unbranched alkanes of at least 4 members (excludes halogenated alkanes) is 1. The predicted octanol–water partition coefficient (Wildman–Crippen LogP) is 2.90. The maximum atomic E-state index is 12.3. The Kier molecular flexibility index (Phi) is 8.16. The Labute approximate surface area is 173 Å². The zero-order chi connectivity index (χ0) is 20.6. The normalized spacial score (nSPS) is 11.1. The summed E-state index contributed by atoms with van der Waals surface area (Å²) in [4.78, 5) is 24.2. The fraction of sp³-hybridized carbons (Fsp3) is 0.263. The van der Waals surface area contributed by atoms with Gasteiger partial charge in [-0.25, -0.2) is 13.1 Å². The average molecular weight is 468 g/mol. The smallest absolute Gasteiger partial charge is 0.251 e. The Morgan fingerprint density at radius 2 is 1.82 bits per heavy atom. The molecule has 0 radical (unpaired) electrons. The lowest BCUT2D eigenvalue weighted by Crippen LogP contribution is -2.32. The van der Waals surface area contributed by atoms with E-state index in [1.54, 1.807) is 36.4 Å². The molecule has 0 spiro atoms. The largest absolute Gasteiger partial charge is 0.343 e. The van der Waals surface area contributed by atoms with Gasteiger partial charge in [0, 0.05) is 22.3 Å². The van der Waals surface area contributed by atoms with Crippen molar-refractivity contribution in [3.8, 4) is 0 Å². The number of carbonyl (C=O) groups excluding carboxylic acids is 2. The van der Waals surface area contributed by atoms with Crippen molar-refractivity contribution in [3.63, 3.8) is 0 Å². The van der Waals surface area contributed by atoms with Crippen LogP contribution in [0, 0.1) is 0 Å². The van der Waals surface area contributed by atoms with E-state index in [1.165, 1.54) is 12.1 Å². The molecule has 2 rings (SSSR count). The SMILES string of the molecule is CCCCNS(=O)(=O)c1cccc(NC(=O)CNC(=O)c2cccc(Br)c2)c1. The second kappa shape index (κ2) is 10.4.